The van der Waals surface area contributed by atoms with E-state index in [9.17, 15) is 0 Å². The van der Waals surface area contributed by atoms with Gasteiger partial charge in [0.15, 0.2) is 0 Å². The van der Waals surface area contributed by atoms with Crippen molar-refractivity contribution in [2.75, 3.05) is 13.2 Å². The standard InChI is InChI=1S/C14H27NO/c1-11(2)12-5-3-7-14(15,9-12)13-6-4-8-16-10-13/h11-13H,3-10,15H2,1-2H3. The van der Waals surface area contributed by atoms with Gasteiger partial charge in [0.1, 0.15) is 0 Å². The normalized spacial score (nSPS) is 41.2. The Hall–Kier alpha value is -0.0800. The minimum absolute atomic E-state index is 0.0770. The molecular formula is C14H27NO. The Morgan fingerprint density at radius 1 is 1.25 bits per heavy atom. The third-order valence-corrected chi connectivity index (χ3v) is 4.78. The maximum Gasteiger partial charge on any atom is 0.0511 e. The molecule has 2 nitrogen and oxygen atoms in total. The van der Waals surface area contributed by atoms with Crippen LogP contribution < -0.4 is 5.73 Å². The van der Waals surface area contributed by atoms with Crippen molar-refractivity contribution in [1.29, 1.82) is 0 Å². The maximum atomic E-state index is 6.68. The van der Waals surface area contributed by atoms with E-state index in [1.54, 1.807) is 0 Å². The van der Waals surface area contributed by atoms with E-state index in [1.807, 2.05) is 0 Å². The fourth-order valence-electron chi connectivity index (χ4n) is 3.52. The van der Waals surface area contributed by atoms with E-state index in [0.717, 1.165) is 25.0 Å². The van der Waals surface area contributed by atoms with Gasteiger partial charge in [-0.25, -0.2) is 0 Å². The quantitative estimate of drug-likeness (QED) is 0.784. The number of nitrogens with two attached hydrogens (primary N) is 1. The molecule has 0 spiro atoms. The summed E-state index contributed by atoms with van der Waals surface area (Å²) in [6.45, 7) is 6.53. The van der Waals surface area contributed by atoms with Gasteiger partial charge >= 0.3 is 0 Å². The summed E-state index contributed by atoms with van der Waals surface area (Å²) in [5, 5.41) is 0. The van der Waals surface area contributed by atoms with Crippen LogP contribution in [0.2, 0.25) is 0 Å². The molecule has 2 heteroatoms. The average molecular weight is 225 g/mol. The average Bonchev–Trinajstić information content (AvgIpc) is 2.30. The second kappa shape index (κ2) is 5.05. The van der Waals surface area contributed by atoms with Crippen molar-refractivity contribution in [3.63, 3.8) is 0 Å². The highest BCUT2D eigenvalue weighted by atomic mass is 16.5. The second-order valence-electron chi connectivity index (χ2n) is 6.25. The lowest BCUT2D eigenvalue weighted by Gasteiger charge is -2.46. The van der Waals surface area contributed by atoms with E-state index in [4.69, 9.17) is 10.5 Å². The molecule has 1 aliphatic heterocycles. The first-order valence-corrected chi connectivity index (χ1v) is 6.98. The highest BCUT2D eigenvalue weighted by Crippen LogP contribution is 2.41. The third kappa shape index (κ3) is 2.60. The molecule has 0 bridgehead atoms. The van der Waals surface area contributed by atoms with Crippen molar-refractivity contribution >= 4 is 0 Å². The highest BCUT2D eigenvalue weighted by molar-refractivity contribution is 4.97. The predicted molar refractivity (Wildman–Crippen MR) is 67.3 cm³/mol. The maximum absolute atomic E-state index is 6.68. The molecule has 0 aromatic carbocycles. The Labute approximate surface area is 99.9 Å². The van der Waals surface area contributed by atoms with E-state index in [-0.39, 0.29) is 5.54 Å². The second-order valence-corrected chi connectivity index (χ2v) is 6.25. The zero-order chi connectivity index (χ0) is 11.6. The lowest BCUT2D eigenvalue weighted by atomic mass is 9.66. The molecule has 0 aromatic rings. The van der Waals surface area contributed by atoms with Crippen molar-refractivity contribution < 1.29 is 4.74 Å². The Balaban J connectivity index is 1.99. The van der Waals surface area contributed by atoms with Crippen molar-refractivity contribution in [2.24, 2.45) is 23.5 Å². The molecule has 3 atom stereocenters. The Morgan fingerprint density at radius 3 is 2.69 bits per heavy atom. The first-order chi connectivity index (χ1) is 7.62. The third-order valence-electron chi connectivity index (χ3n) is 4.78. The van der Waals surface area contributed by atoms with Crippen molar-refractivity contribution in [2.45, 2.75) is 57.9 Å². The zero-order valence-corrected chi connectivity index (χ0v) is 10.9. The molecule has 1 saturated carbocycles. The fourth-order valence-corrected chi connectivity index (χ4v) is 3.52. The molecule has 1 saturated heterocycles. The Kier molecular flexibility index (Phi) is 3.91. The Morgan fingerprint density at radius 2 is 2.06 bits per heavy atom. The minimum atomic E-state index is 0.0770. The van der Waals surface area contributed by atoms with Crippen LogP contribution in [0.3, 0.4) is 0 Å². The lowest BCUT2D eigenvalue weighted by Crippen LogP contribution is -2.53. The molecule has 16 heavy (non-hydrogen) atoms. The summed E-state index contributed by atoms with van der Waals surface area (Å²) in [5.41, 5.74) is 6.76. The summed E-state index contributed by atoms with van der Waals surface area (Å²) < 4.78 is 5.62. The molecule has 2 rings (SSSR count). The van der Waals surface area contributed by atoms with Gasteiger partial charge in [-0.15, -0.1) is 0 Å². The summed E-state index contributed by atoms with van der Waals surface area (Å²) in [7, 11) is 0. The molecule has 2 aliphatic rings. The van der Waals surface area contributed by atoms with Gasteiger partial charge in [0.25, 0.3) is 0 Å². The van der Waals surface area contributed by atoms with Crippen LogP contribution in [0.15, 0.2) is 0 Å². The van der Waals surface area contributed by atoms with Crippen LogP contribution >= 0.6 is 0 Å². The van der Waals surface area contributed by atoms with Gasteiger partial charge in [-0.2, -0.15) is 0 Å². The van der Waals surface area contributed by atoms with Gasteiger partial charge in [-0.1, -0.05) is 26.7 Å². The molecule has 1 heterocycles. The van der Waals surface area contributed by atoms with Crippen molar-refractivity contribution in [3.05, 3.63) is 0 Å². The van der Waals surface area contributed by atoms with Gasteiger partial charge in [0, 0.05) is 18.1 Å². The number of ether oxygens (including phenoxy) is 1. The van der Waals surface area contributed by atoms with Gasteiger partial charge in [0.05, 0.1) is 6.61 Å². The van der Waals surface area contributed by atoms with Crippen LogP contribution in [0.1, 0.15) is 52.4 Å². The summed E-state index contributed by atoms with van der Waals surface area (Å²) in [6, 6.07) is 0. The van der Waals surface area contributed by atoms with Gasteiger partial charge in [-0.3, -0.25) is 0 Å². The molecule has 2 N–H and O–H groups in total. The van der Waals surface area contributed by atoms with Crippen LogP contribution in [0.5, 0.6) is 0 Å². The number of hydrogen-bond acceptors (Lipinski definition) is 2. The van der Waals surface area contributed by atoms with E-state index in [1.165, 1.54) is 38.5 Å². The molecule has 1 aliphatic carbocycles. The minimum Gasteiger partial charge on any atom is -0.381 e. The van der Waals surface area contributed by atoms with Crippen LogP contribution in [0, 0.1) is 17.8 Å². The number of rotatable bonds is 2. The van der Waals surface area contributed by atoms with Crippen LogP contribution in [-0.4, -0.2) is 18.8 Å². The van der Waals surface area contributed by atoms with Crippen LogP contribution in [-0.2, 0) is 4.74 Å². The van der Waals surface area contributed by atoms with Crippen LogP contribution in [0.25, 0.3) is 0 Å². The molecule has 0 radical (unpaired) electrons. The smallest absolute Gasteiger partial charge is 0.0511 e. The highest BCUT2D eigenvalue weighted by Gasteiger charge is 2.40. The van der Waals surface area contributed by atoms with E-state index in [0.29, 0.717) is 5.92 Å². The first kappa shape index (κ1) is 12.4. The van der Waals surface area contributed by atoms with E-state index < -0.39 is 0 Å². The zero-order valence-electron chi connectivity index (χ0n) is 10.9. The Bertz CT molecular complexity index is 223. The van der Waals surface area contributed by atoms with Gasteiger partial charge < -0.3 is 10.5 Å². The molecule has 0 amide bonds. The summed E-state index contributed by atoms with van der Waals surface area (Å²) >= 11 is 0. The van der Waals surface area contributed by atoms with Crippen LogP contribution in [0.4, 0.5) is 0 Å². The monoisotopic (exact) mass is 225 g/mol. The van der Waals surface area contributed by atoms with Crippen molar-refractivity contribution in [3.8, 4) is 0 Å². The molecular weight excluding hydrogens is 198 g/mol. The fraction of sp³-hybridized carbons (Fsp3) is 1.00. The summed E-state index contributed by atoms with van der Waals surface area (Å²) in [5.74, 6) is 2.23. The SMILES string of the molecule is CC(C)C1CCCC(N)(C2CCCOC2)C1. The van der Waals surface area contributed by atoms with Gasteiger partial charge in [0.2, 0.25) is 0 Å². The van der Waals surface area contributed by atoms with Gasteiger partial charge in [-0.05, 0) is 37.5 Å². The largest absolute Gasteiger partial charge is 0.381 e. The topological polar surface area (TPSA) is 35.2 Å². The van der Waals surface area contributed by atoms with E-state index >= 15 is 0 Å². The molecule has 3 unspecified atom stereocenters. The van der Waals surface area contributed by atoms with E-state index in [2.05, 4.69) is 13.8 Å². The van der Waals surface area contributed by atoms with Crippen molar-refractivity contribution in [1.82, 2.24) is 0 Å². The molecule has 2 fully saturated rings. The predicted octanol–water partition coefficient (Wildman–Crippen LogP) is 2.96. The number of hydrogen-bond donors (Lipinski definition) is 1. The lowest BCUT2D eigenvalue weighted by molar-refractivity contribution is 0.0000506. The summed E-state index contributed by atoms with van der Waals surface area (Å²) in [6.07, 6.45) is 7.61. The molecule has 0 aromatic heterocycles. The summed E-state index contributed by atoms with van der Waals surface area (Å²) in [4.78, 5) is 0. The molecule has 94 valence electrons. The first-order valence-electron chi connectivity index (χ1n) is 6.98.